The third-order valence-corrected chi connectivity index (χ3v) is 4.62. The molecule has 2 aliphatic rings. The summed E-state index contributed by atoms with van der Waals surface area (Å²) in [6.07, 6.45) is 1.51. The van der Waals surface area contributed by atoms with Gasteiger partial charge < -0.3 is 15.0 Å². The lowest BCUT2D eigenvalue weighted by Crippen LogP contribution is -2.48. The van der Waals surface area contributed by atoms with Gasteiger partial charge >= 0.3 is 0 Å². The molecule has 2 unspecified atom stereocenters. The average molecular weight is 289 g/mol. The van der Waals surface area contributed by atoms with Crippen LogP contribution < -0.4 is 5.32 Å². The molecule has 0 saturated carbocycles. The summed E-state index contributed by atoms with van der Waals surface area (Å²) < 4.78 is 5.83. The van der Waals surface area contributed by atoms with Gasteiger partial charge in [0.05, 0.1) is 12.7 Å². The minimum absolute atomic E-state index is 0.384. The van der Waals surface area contributed by atoms with E-state index in [1.165, 1.54) is 5.56 Å². The minimum Gasteiger partial charge on any atom is -0.376 e. The van der Waals surface area contributed by atoms with Crippen molar-refractivity contribution in [2.45, 2.75) is 18.6 Å². The standard InChI is InChI=1S/C17H27N3O/c1-19-10-11-20(9-7-16-13-18-8-12-21-16)17(14-19)15-5-3-2-4-6-15/h2-6,16-18H,7-14H2,1H3. The number of hydrogen-bond donors (Lipinski definition) is 1. The van der Waals surface area contributed by atoms with Crippen LogP contribution in [0.4, 0.5) is 0 Å². The zero-order valence-corrected chi connectivity index (χ0v) is 13.0. The molecule has 0 amide bonds. The summed E-state index contributed by atoms with van der Waals surface area (Å²) in [7, 11) is 2.22. The van der Waals surface area contributed by atoms with Gasteiger partial charge in [0.15, 0.2) is 0 Å². The largest absolute Gasteiger partial charge is 0.376 e. The zero-order chi connectivity index (χ0) is 14.5. The third kappa shape index (κ3) is 4.04. The summed E-state index contributed by atoms with van der Waals surface area (Å²) in [5, 5.41) is 3.42. The molecule has 1 aromatic carbocycles. The second-order valence-corrected chi connectivity index (χ2v) is 6.21. The Balaban J connectivity index is 1.61. The molecule has 0 radical (unpaired) electrons. The van der Waals surface area contributed by atoms with E-state index in [4.69, 9.17) is 4.74 Å². The molecule has 116 valence electrons. The normalized spacial score (nSPS) is 28.6. The maximum Gasteiger partial charge on any atom is 0.0712 e. The van der Waals surface area contributed by atoms with Gasteiger partial charge in [-0.3, -0.25) is 4.90 Å². The Bertz CT molecular complexity index is 419. The van der Waals surface area contributed by atoms with E-state index in [0.29, 0.717) is 12.1 Å². The van der Waals surface area contributed by atoms with Crippen molar-refractivity contribution in [1.82, 2.24) is 15.1 Å². The average Bonchev–Trinajstić information content (AvgIpc) is 2.55. The molecule has 21 heavy (non-hydrogen) atoms. The Morgan fingerprint density at radius 1 is 1.24 bits per heavy atom. The maximum atomic E-state index is 5.83. The van der Waals surface area contributed by atoms with Gasteiger partial charge in [-0.25, -0.2) is 0 Å². The molecular formula is C17H27N3O. The highest BCUT2D eigenvalue weighted by Crippen LogP contribution is 2.25. The van der Waals surface area contributed by atoms with E-state index in [-0.39, 0.29) is 0 Å². The summed E-state index contributed by atoms with van der Waals surface area (Å²) in [6, 6.07) is 11.4. The lowest BCUT2D eigenvalue weighted by molar-refractivity contribution is 0.00727. The van der Waals surface area contributed by atoms with Crippen molar-refractivity contribution in [3.05, 3.63) is 35.9 Å². The van der Waals surface area contributed by atoms with Gasteiger partial charge in [-0.1, -0.05) is 30.3 Å². The SMILES string of the molecule is CN1CCN(CCC2CNCCO2)C(c2ccccc2)C1. The first-order valence-corrected chi connectivity index (χ1v) is 8.13. The Kier molecular flexibility index (Phi) is 5.25. The summed E-state index contributed by atoms with van der Waals surface area (Å²) in [6.45, 7) is 7.41. The first-order chi connectivity index (χ1) is 10.3. The summed E-state index contributed by atoms with van der Waals surface area (Å²) >= 11 is 0. The van der Waals surface area contributed by atoms with E-state index in [2.05, 4.69) is 52.5 Å². The van der Waals surface area contributed by atoms with Crippen LogP contribution >= 0.6 is 0 Å². The van der Waals surface area contributed by atoms with Gasteiger partial charge in [-0.2, -0.15) is 0 Å². The number of nitrogens with zero attached hydrogens (tertiary/aromatic N) is 2. The van der Waals surface area contributed by atoms with E-state index in [0.717, 1.165) is 52.3 Å². The molecule has 0 spiro atoms. The lowest BCUT2D eigenvalue weighted by atomic mass is 10.0. The number of rotatable bonds is 4. The molecule has 0 aliphatic carbocycles. The first kappa shape index (κ1) is 15.0. The van der Waals surface area contributed by atoms with E-state index in [9.17, 15) is 0 Å². The predicted octanol–water partition coefficient (Wildman–Crippen LogP) is 1.35. The van der Waals surface area contributed by atoms with Crippen LogP contribution in [0.1, 0.15) is 18.0 Å². The van der Waals surface area contributed by atoms with Gasteiger partial charge in [0, 0.05) is 45.3 Å². The van der Waals surface area contributed by atoms with Gasteiger partial charge in [0.2, 0.25) is 0 Å². The second-order valence-electron chi connectivity index (χ2n) is 6.21. The number of piperazine rings is 1. The van der Waals surface area contributed by atoms with Crippen LogP contribution in [0.15, 0.2) is 30.3 Å². The minimum atomic E-state index is 0.384. The van der Waals surface area contributed by atoms with E-state index < -0.39 is 0 Å². The molecule has 2 saturated heterocycles. The quantitative estimate of drug-likeness (QED) is 0.906. The molecule has 2 atom stereocenters. The number of morpholine rings is 1. The van der Waals surface area contributed by atoms with Crippen molar-refractivity contribution in [2.24, 2.45) is 0 Å². The fourth-order valence-corrected chi connectivity index (χ4v) is 3.33. The lowest BCUT2D eigenvalue weighted by Gasteiger charge is -2.41. The van der Waals surface area contributed by atoms with Gasteiger partial charge in [0.1, 0.15) is 0 Å². The molecule has 2 aliphatic heterocycles. The molecule has 0 aromatic heterocycles. The molecule has 2 heterocycles. The van der Waals surface area contributed by atoms with Crippen molar-refractivity contribution in [2.75, 3.05) is 52.9 Å². The Hall–Kier alpha value is -0.940. The Morgan fingerprint density at radius 3 is 2.86 bits per heavy atom. The van der Waals surface area contributed by atoms with Crippen molar-refractivity contribution in [3.63, 3.8) is 0 Å². The molecule has 2 fully saturated rings. The summed E-state index contributed by atoms with van der Waals surface area (Å²) in [5.74, 6) is 0. The van der Waals surface area contributed by atoms with Crippen LogP contribution in [0.3, 0.4) is 0 Å². The number of benzene rings is 1. The molecular weight excluding hydrogens is 262 g/mol. The van der Waals surface area contributed by atoms with E-state index >= 15 is 0 Å². The van der Waals surface area contributed by atoms with Crippen molar-refractivity contribution >= 4 is 0 Å². The Labute approximate surface area is 128 Å². The van der Waals surface area contributed by atoms with Crippen molar-refractivity contribution in [3.8, 4) is 0 Å². The van der Waals surface area contributed by atoms with Crippen LogP contribution in [0.25, 0.3) is 0 Å². The number of ether oxygens (including phenoxy) is 1. The summed E-state index contributed by atoms with van der Waals surface area (Å²) in [5.41, 5.74) is 1.44. The molecule has 1 aromatic rings. The second kappa shape index (κ2) is 7.36. The van der Waals surface area contributed by atoms with E-state index in [1.807, 2.05) is 0 Å². The van der Waals surface area contributed by atoms with Gasteiger partial charge in [-0.15, -0.1) is 0 Å². The van der Waals surface area contributed by atoms with Crippen molar-refractivity contribution < 1.29 is 4.74 Å². The third-order valence-electron chi connectivity index (χ3n) is 4.62. The van der Waals surface area contributed by atoms with Crippen LogP contribution in [-0.4, -0.2) is 68.8 Å². The number of hydrogen-bond acceptors (Lipinski definition) is 4. The highest BCUT2D eigenvalue weighted by Gasteiger charge is 2.27. The molecule has 4 heteroatoms. The maximum absolute atomic E-state index is 5.83. The molecule has 0 bridgehead atoms. The van der Waals surface area contributed by atoms with Crippen LogP contribution in [-0.2, 0) is 4.74 Å². The molecule has 1 N–H and O–H groups in total. The molecule has 3 rings (SSSR count). The summed E-state index contributed by atoms with van der Waals surface area (Å²) in [4.78, 5) is 5.07. The fraction of sp³-hybridized carbons (Fsp3) is 0.647. The van der Waals surface area contributed by atoms with Crippen LogP contribution in [0, 0.1) is 0 Å². The monoisotopic (exact) mass is 289 g/mol. The van der Waals surface area contributed by atoms with Gasteiger partial charge in [0.25, 0.3) is 0 Å². The fourth-order valence-electron chi connectivity index (χ4n) is 3.33. The number of nitrogens with one attached hydrogen (secondary N) is 1. The highest BCUT2D eigenvalue weighted by atomic mass is 16.5. The molecule has 4 nitrogen and oxygen atoms in total. The predicted molar refractivity (Wildman–Crippen MR) is 85.5 cm³/mol. The first-order valence-electron chi connectivity index (χ1n) is 8.13. The van der Waals surface area contributed by atoms with E-state index in [1.54, 1.807) is 0 Å². The highest BCUT2D eigenvalue weighted by molar-refractivity contribution is 5.20. The van der Waals surface area contributed by atoms with Crippen LogP contribution in [0.5, 0.6) is 0 Å². The van der Waals surface area contributed by atoms with Crippen LogP contribution in [0.2, 0.25) is 0 Å². The number of likely N-dealkylation sites (N-methyl/N-ethyl adjacent to an activating group) is 1. The van der Waals surface area contributed by atoms with Gasteiger partial charge in [-0.05, 0) is 19.0 Å². The van der Waals surface area contributed by atoms with Crippen molar-refractivity contribution in [1.29, 1.82) is 0 Å². The zero-order valence-electron chi connectivity index (χ0n) is 13.0. The Morgan fingerprint density at radius 2 is 2.10 bits per heavy atom. The topological polar surface area (TPSA) is 27.7 Å². The smallest absolute Gasteiger partial charge is 0.0712 e.